The largest absolute Gasteiger partial charge is 0.366 e. The molecule has 7 nitrogen and oxygen atoms in total. The third kappa shape index (κ3) is 5.04. The Bertz CT molecular complexity index is 1090. The maximum Gasteiger partial charge on any atom is 0.222 e. The first-order valence-electron chi connectivity index (χ1n) is 12.2. The van der Waals surface area contributed by atoms with Gasteiger partial charge >= 0.3 is 0 Å². The minimum absolute atomic E-state index is 0.307. The van der Waals surface area contributed by atoms with Gasteiger partial charge in [-0.2, -0.15) is 9.61 Å². The highest BCUT2D eigenvalue weighted by Crippen LogP contribution is 2.31. The molecule has 1 saturated carbocycles. The molecule has 170 valence electrons. The van der Waals surface area contributed by atoms with Crippen molar-refractivity contribution in [1.29, 1.82) is 0 Å². The zero-order chi connectivity index (χ0) is 22.6. The summed E-state index contributed by atoms with van der Waals surface area (Å²) in [7, 11) is 6.16. The molecule has 33 heavy (non-hydrogen) atoms. The van der Waals surface area contributed by atoms with Crippen molar-refractivity contribution in [3.63, 3.8) is 0 Å². The molecule has 2 radical (unpaired) electrons. The maximum atomic E-state index is 12.8. The van der Waals surface area contributed by atoms with Crippen LogP contribution in [0.25, 0.3) is 5.65 Å². The smallest absolute Gasteiger partial charge is 0.222 e. The van der Waals surface area contributed by atoms with E-state index >= 15 is 0 Å². The molecule has 4 heterocycles. The second-order valence-corrected chi connectivity index (χ2v) is 9.48. The summed E-state index contributed by atoms with van der Waals surface area (Å²) in [6.45, 7) is 2.24. The van der Waals surface area contributed by atoms with E-state index in [2.05, 4.69) is 26.4 Å². The van der Waals surface area contributed by atoms with Crippen LogP contribution in [0.5, 0.6) is 0 Å². The number of anilines is 1. The molecule has 5 rings (SSSR count). The zero-order valence-electron chi connectivity index (χ0n) is 19.1. The summed E-state index contributed by atoms with van der Waals surface area (Å²) in [6.07, 6.45) is 14.2. The molecule has 3 aromatic heterocycles. The molecule has 1 aliphatic heterocycles. The minimum atomic E-state index is 0.307. The zero-order valence-corrected chi connectivity index (χ0v) is 19.1. The van der Waals surface area contributed by atoms with Crippen LogP contribution in [0.3, 0.4) is 0 Å². The molecule has 0 spiro atoms. The van der Waals surface area contributed by atoms with Gasteiger partial charge in [0.05, 0.1) is 0 Å². The van der Waals surface area contributed by atoms with Gasteiger partial charge in [-0.05, 0) is 48.7 Å². The molecule has 1 aliphatic carbocycles. The lowest BCUT2D eigenvalue weighted by molar-refractivity contribution is -0.133. The summed E-state index contributed by atoms with van der Waals surface area (Å²) in [5.74, 6) is 2.10. The molecule has 2 fully saturated rings. The van der Waals surface area contributed by atoms with E-state index in [9.17, 15) is 4.79 Å². The topological polar surface area (TPSA) is 75.4 Å². The molecule has 0 aromatic carbocycles. The summed E-state index contributed by atoms with van der Waals surface area (Å²) in [6, 6.07) is 6.05. The summed E-state index contributed by atoms with van der Waals surface area (Å²) in [4.78, 5) is 23.9. The minimum Gasteiger partial charge on any atom is -0.366 e. The van der Waals surface area contributed by atoms with Crippen LogP contribution in [0.1, 0.15) is 68.5 Å². The molecule has 0 atom stereocenters. The first kappa shape index (κ1) is 21.9. The van der Waals surface area contributed by atoms with E-state index in [0.29, 0.717) is 35.4 Å². The van der Waals surface area contributed by atoms with E-state index < -0.39 is 0 Å². The number of fused-ring (bicyclic) bond motifs is 1. The molecule has 0 bridgehead atoms. The highest BCUT2D eigenvalue weighted by molar-refractivity contribution is 6.36. The van der Waals surface area contributed by atoms with Crippen molar-refractivity contribution < 1.29 is 4.79 Å². The Hall–Kier alpha value is -2.90. The normalized spacial score (nSPS) is 18.0. The number of aromatic nitrogens is 4. The van der Waals surface area contributed by atoms with Crippen LogP contribution >= 0.6 is 0 Å². The monoisotopic (exact) mass is 442 g/mol. The van der Waals surface area contributed by atoms with Gasteiger partial charge in [-0.3, -0.25) is 9.78 Å². The highest BCUT2D eigenvalue weighted by atomic mass is 16.2. The second kappa shape index (κ2) is 9.93. The quantitative estimate of drug-likeness (QED) is 0.594. The first-order valence-corrected chi connectivity index (χ1v) is 12.2. The van der Waals surface area contributed by atoms with Gasteiger partial charge in [0, 0.05) is 62.3 Å². The van der Waals surface area contributed by atoms with Crippen LogP contribution < -0.4 is 10.8 Å². The number of hydrogen-bond acceptors (Lipinski definition) is 5. The van der Waals surface area contributed by atoms with Gasteiger partial charge < -0.3 is 10.2 Å². The number of amides is 1. The fourth-order valence-electron chi connectivity index (χ4n) is 5.22. The number of carbonyl (C=O) groups is 1. The van der Waals surface area contributed by atoms with Gasteiger partial charge in [0.1, 0.15) is 19.3 Å². The van der Waals surface area contributed by atoms with Gasteiger partial charge in [0.25, 0.3) is 0 Å². The van der Waals surface area contributed by atoms with Crippen LogP contribution in [0.15, 0.2) is 36.8 Å². The summed E-state index contributed by atoms with van der Waals surface area (Å²) < 4.78 is 1.76. The molecule has 8 heteroatoms. The van der Waals surface area contributed by atoms with Crippen molar-refractivity contribution >= 4 is 30.7 Å². The molecule has 3 aromatic rings. The Kier molecular flexibility index (Phi) is 6.60. The number of piperidine rings is 1. The lowest BCUT2D eigenvalue weighted by Gasteiger charge is -2.33. The van der Waals surface area contributed by atoms with Crippen molar-refractivity contribution in [2.24, 2.45) is 5.92 Å². The van der Waals surface area contributed by atoms with E-state index in [1.165, 1.54) is 32.1 Å². The van der Waals surface area contributed by atoms with Crippen LogP contribution in [0, 0.1) is 5.92 Å². The van der Waals surface area contributed by atoms with Gasteiger partial charge in [0.2, 0.25) is 5.91 Å². The first-order chi connectivity index (χ1) is 16.2. The lowest BCUT2D eigenvalue weighted by atomic mass is 9.86. The van der Waals surface area contributed by atoms with E-state index in [-0.39, 0.29) is 0 Å². The summed E-state index contributed by atoms with van der Waals surface area (Å²) in [5, 5.41) is 7.88. The number of likely N-dealkylation sites (tertiary alicyclic amines) is 1. The molecule has 1 saturated heterocycles. The van der Waals surface area contributed by atoms with Crippen molar-refractivity contribution in [2.75, 3.05) is 18.4 Å². The van der Waals surface area contributed by atoms with Crippen molar-refractivity contribution in [3.05, 3.63) is 48.0 Å². The molecule has 1 N–H and O–H groups in total. The number of hydrogen-bond donors (Lipinski definition) is 1. The predicted molar refractivity (Wildman–Crippen MR) is 130 cm³/mol. The summed E-state index contributed by atoms with van der Waals surface area (Å²) >= 11 is 0. The van der Waals surface area contributed by atoms with Crippen molar-refractivity contribution in [2.45, 2.75) is 63.8 Å². The standard InChI is InChI=1S/C25H31BN6O/c26-21-17-29-32-23(28-16-19-7-4-10-27-15-19)14-22(30-25(21)32)20-8-11-31(12-9-20)24(33)13-18-5-2-1-3-6-18/h4,7,10,14-15,17-18,20,28H,1-3,5-6,8-9,11-13,16H2. The van der Waals surface area contributed by atoms with Gasteiger partial charge in [-0.25, -0.2) is 4.98 Å². The van der Waals surface area contributed by atoms with Gasteiger partial charge in [0.15, 0.2) is 0 Å². The summed E-state index contributed by atoms with van der Waals surface area (Å²) in [5.41, 5.74) is 3.36. The molecular formula is C25H31BN6O. The molecule has 1 amide bonds. The Morgan fingerprint density at radius 2 is 1.94 bits per heavy atom. The van der Waals surface area contributed by atoms with E-state index in [0.717, 1.165) is 49.4 Å². The number of pyridine rings is 1. The molecule has 2 aliphatic rings. The fraction of sp³-hybridized carbons (Fsp3) is 0.520. The predicted octanol–water partition coefficient (Wildman–Crippen LogP) is 3.21. The van der Waals surface area contributed by atoms with Gasteiger partial charge in [-0.1, -0.05) is 25.3 Å². The van der Waals surface area contributed by atoms with E-state index in [1.807, 2.05) is 18.3 Å². The molecular weight excluding hydrogens is 411 g/mol. The number of carbonyl (C=O) groups excluding carboxylic acids is 1. The van der Waals surface area contributed by atoms with Crippen molar-refractivity contribution in [3.8, 4) is 0 Å². The average molecular weight is 442 g/mol. The Labute approximate surface area is 196 Å². The maximum absolute atomic E-state index is 12.8. The SMILES string of the molecule is [B]c1cnn2c(NCc3cccnc3)cc(C3CCN(C(=O)CC4CCCCC4)CC3)nc12. The van der Waals surface area contributed by atoms with Crippen LogP contribution in [-0.2, 0) is 11.3 Å². The average Bonchev–Trinajstić information content (AvgIpc) is 3.24. The highest BCUT2D eigenvalue weighted by Gasteiger charge is 2.27. The second-order valence-electron chi connectivity index (χ2n) is 9.48. The third-order valence-electron chi connectivity index (χ3n) is 7.17. The van der Waals surface area contributed by atoms with E-state index in [1.54, 1.807) is 16.9 Å². The Morgan fingerprint density at radius 1 is 1.12 bits per heavy atom. The Balaban J connectivity index is 1.26. The van der Waals surface area contributed by atoms with Crippen LogP contribution in [0.4, 0.5) is 5.82 Å². The number of rotatable bonds is 6. The third-order valence-corrected chi connectivity index (χ3v) is 7.17. The lowest BCUT2D eigenvalue weighted by Crippen LogP contribution is -2.39. The van der Waals surface area contributed by atoms with Gasteiger partial charge in [-0.15, -0.1) is 0 Å². The van der Waals surface area contributed by atoms with Crippen molar-refractivity contribution in [1.82, 2.24) is 24.5 Å². The number of nitrogens with one attached hydrogen (secondary N) is 1. The molecule has 0 unspecified atom stereocenters. The van der Waals surface area contributed by atoms with Crippen LogP contribution in [0.2, 0.25) is 0 Å². The number of nitrogens with zero attached hydrogens (tertiary/aromatic N) is 5. The fourth-order valence-corrected chi connectivity index (χ4v) is 5.22. The Morgan fingerprint density at radius 3 is 2.70 bits per heavy atom. The van der Waals surface area contributed by atoms with E-state index in [4.69, 9.17) is 12.8 Å². The van der Waals surface area contributed by atoms with Crippen LogP contribution in [-0.4, -0.2) is 51.3 Å².